The minimum atomic E-state index is -0.0272. The lowest BCUT2D eigenvalue weighted by molar-refractivity contribution is 0.708. The summed E-state index contributed by atoms with van der Waals surface area (Å²) in [5.74, 6) is 0.588. The number of nitrogens with zero attached hydrogens (tertiary/aromatic N) is 3. The number of hydrogen-bond acceptors (Lipinski definition) is 5. The Morgan fingerprint density at radius 3 is 3.10 bits per heavy atom. The number of hydrogen-bond donors (Lipinski definition) is 1. The van der Waals surface area contributed by atoms with E-state index in [1.807, 2.05) is 12.3 Å². The molecule has 0 bridgehead atoms. The fraction of sp³-hybridized carbons (Fsp3) is 0.500. The molecule has 0 saturated heterocycles. The first-order chi connectivity index (χ1) is 10.1. The summed E-state index contributed by atoms with van der Waals surface area (Å²) in [6.45, 7) is 1.91. The Bertz CT molecular complexity index is 728. The van der Waals surface area contributed by atoms with Crippen molar-refractivity contribution in [1.29, 1.82) is 0 Å². The van der Waals surface area contributed by atoms with Gasteiger partial charge in [-0.3, -0.25) is 14.2 Å². The molecule has 7 heteroatoms. The van der Waals surface area contributed by atoms with E-state index in [-0.39, 0.29) is 5.56 Å². The highest BCUT2D eigenvalue weighted by molar-refractivity contribution is 8.13. The van der Waals surface area contributed by atoms with Gasteiger partial charge in [-0.15, -0.1) is 11.3 Å². The van der Waals surface area contributed by atoms with Gasteiger partial charge in [0.2, 0.25) is 0 Å². The van der Waals surface area contributed by atoms with E-state index in [1.165, 1.54) is 35.9 Å². The lowest BCUT2D eigenvalue weighted by Crippen LogP contribution is -2.16. The molecule has 2 heterocycles. The number of thioether (sulfide) groups is 1. The summed E-state index contributed by atoms with van der Waals surface area (Å²) in [4.78, 5) is 21.8. The molecule has 0 aliphatic heterocycles. The van der Waals surface area contributed by atoms with Gasteiger partial charge in [-0.2, -0.15) is 0 Å². The van der Waals surface area contributed by atoms with Gasteiger partial charge in [-0.1, -0.05) is 24.6 Å². The van der Waals surface area contributed by atoms with Gasteiger partial charge in [0, 0.05) is 22.9 Å². The van der Waals surface area contributed by atoms with Gasteiger partial charge in [0.25, 0.3) is 5.56 Å². The highest BCUT2D eigenvalue weighted by Crippen LogP contribution is 2.22. The Morgan fingerprint density at radius 1 is 1.57 bits per heavy atom. The molecule has 0 aromatic carbocycles. The third-order valence-corrected chi connectivity index (χ3v) is 5.42. The van der Waals surface area contributed by atoms with Crippen molar-refractivity contribution in [2.45, 2.75) is 44.4 Å². The van der Waals surface area contributed by atoms with Crippen LogP contribution < -0.4 is 11.3 Å². The molecule has 112 valence electrons. The molecule has 0 unspecified atom stereocenters. The zero-order valence-electron chi connectivity index (χ0n) is 11.9. The van der Waals surface area contributed by atoms with Gasteiger partial charge < -0.3 is 5.73 Å². The van der Waals surface area contributed by atoms with E-state index in [0.717, 1.165) is 29.2 Å². The van der Waals surface area contributed by atoms with Crippen LogP contribution in [0.15, 0.2) is 21.2 Å². The molecule has 2 aromatic rings. The van der Waals surface area contributed by atoms with Gasteiger partial charge in [-0.05, 0) is 19.8 Å². The molecule has 3 rings (SSSR count). The molecule has 2 N–H and O–H groups in total. The Morgan fingerprint density at radius 2 is 2.33 bits per heavy atom. The average molecular weight is 322 g/mol. The van der Waals surface area contributed by atoms with Crippen LogP contribution in [-0.2, 0) is 5.75 Å². The Labute approximate surface area is 131 Å². The first-order valence-electron chi connectivity index (χ1n) is 7.06. The summed E-state index contributed by atoms with van der Waals surface area (Å²) in [6, 6.07) is 1.97. The van der Waals surface area contributed by atoms with Crippen LogP contribution in [0.4, 0.5) is 0 Å². The van der Waals surface area contributed by atoms with Crippen LogP contribution in [0.3, 0.4) is 0 Å². The summed E-state index contributed by atoms with van der Waals surface area (Å²) in [6.07, 6.45) is 4.78. The van der Waals surface area contributed by atoms with Gasteiger partial charge in [0.1, 0.15) is 0 Å². The Kier molecular flexibility index (Phi) is 4.30. The molecule has 1 aliphatic rings. The van der Waals surface area contributed by atoms with Crippen molar-refractivity contribution in [3.8, 4) is 0 Å². The van der Waals surface area contributed by atoms with Gasteiger partial charge >= 0.3 is 0 Å². The van der Waals surface area contributed by atoms with Crippen LogP contribution in [0.25, 0.3) is 4.96 Å². The van der Waals surface area contributed by atoms with Crippen LogP contribution in [0.2, 0.25) is 0 Å². The van der Waals surface area contributed by atoms with Crippen LogP contribution in [0, 0.1) is 6.92 Å². The van der Waals surface area contributed by atoms with Crippen molar-refractivity contribution in [2.75, 3.05) is 0 Å². The second-order valence-electron chi connectivity index (χ2n) is 5.28. The van der Waals surface area contributed by atoms with Crippen molar-refractivity contribution in [3.63, 3.8) is 0 Å². The second kappa shape index (κ2) is 6.19. The quantitative estimate of drug-likeness (QED) is 0.696. The van der Waals surface area contributed by atoms with E-state index in [0.29, 0.717) is 17.0 Å². The highest BCUT2D eigenvalue weighted by Gasteiger charge is 2.14. The molecule has 1 saturated carbocycles. The molecule has 0 spiro atoms. The number of nitrogens with two attached hydrogens (primary N) is 1. The van der Waals surface area contributed by atoms with Crippen molar-refractivity contribution in [2.24, 2.45) is 10.7 Å². The molecule has 0 amide bonds. The van der Waals surface area contributed by atoms with Crippen molar-refractivity contribution < 1.29 is 0 Å². The molecular formula is C14H18N4OS2. The predicted molar refractivity (Wildman–Crippen MR) is 89.2 cm³/mol. The van der Waals surface area contributed by atoms with E-state index in [9.17, 15) is 4.79 Å². The molecular weight excluding hydrogens is 304 g/mol. The smallest absolute Gasteiger partial charge is 0.258 e. The number of aromatic nitrogens is 2. The van der Waals surface area contributed by atoms with E-state index >= 15 is 0 Å². The summed E-state index contributed by atoms with van der Waals surface area (Å²) in [7, 11) is 0. The first kappa shape index (κ1) is 14.6. The molecule has 2 aromatic heterocycles. The van der Waals surface area contributed by atoms with Crippen LogP contribution in [0.1, 0.15) is 37.1 Å². The molecule has 0 atom stereocenters. The fourth-order valence-corrected chi connectivity index (χ4v) is 4.13. The second-order valence-corrected chi connectivity index (χ2v) is 7.11. The third kappa shape index (κ3) is 3.29. The van der Waals surface area contributed by atoms with E-state index in [4.69, 9.17) is 5.73 Å². The van der Waals surface area contributed by atoms with Gasteiger partial charge in [-0.25, -0.2) is 4.98 Å². The first-order valence-corrected chi connectivity index (χ1v) is 8.93. The lowest BCUT2D eigenvalue weighted by atomic mass is 10.3. The standard InChI is InChI=1S/C14H18N4OS2/c1-9-7-21-14-17-11(6-12(19)18(9)14)8-20-13(15)16-10-4-2-3-5-10/h6-7,10H,2-5,8H2,1H3,(H2,15,16). The average Bonchev–Trinajstić information content (AvgIpc) is 3.07. The molecule has 21 heavy (non-hydrogen) atoms. The summed E-state index contributed by atoms with van der Waals surface area (Å²) in [5, 5.41) is 2.54. The van der Waals surface area contributed by atoms with E-state index in [2.05, 4.69) is 9.98 Å². The minimum Gasteiger partial charge on any atom is -0.379 e. The normalized spacial score (nSPS) is 16.9. The van der Waals surface area contributed by atoms with Crippen LogP contribution in [0.5, 0.6) is 0 Å². The fourth-order valence-electron chi connectivity index (χ4n) is 2.57. The van der Waals surface area contributed by atoms with Crippen LogP contribution in [-0.4, -0.2) is 20.6 Å². The molecule has 5 nitrogen and oxygen atoms in total. The van der Waals surface area contributed by atoms with Crippen molar-refractivity contribution >= 4 is 33.2 Å². The SMILES string of the molecule is Cc1csc2nc(CSC(N)=NC3CCCC3)cc(=O)n12. The number of amidine groups is 1. The summed E-state index contributed by atoms with van der Waals surface area (Å²) in [5.41, 5.74) is 7.62. The lowest BCUT2D eigenvalue weighted by Gasteiger charge is -2.05. The van der Waals surface area contributed by atoms with Gasteiger partial charge in [0.05, 0.1) is 11.7 Å². The highest BCUT2D eigenvalue weighted by atomic mass is 32.2. The maximum absolute atomic E-state index is 12.1. The van der Waals surface area contributed by atoms with E-state index in [1.54, 1.807) is 10.5 Å². The number of rotatable bonds is 3. The molecule has 0 radical (unpaired) electrons. The number of thiazole rings is 1. The predicted octanol–water partition coefficient (Wildman–Crippen LogP) is 2.55. The monoisotopic (exact) mass is 322 g/mol. The third-order valence-electron chi connectivity index (χ3n) is 3.63. The van der Waals surface area contributed by atoms with Crippen molar-refractivity contribution in [1.82, 2.24) is 9.38 Å². The Hall–Kier alpha value is -1.34. The van der Waals surface area contributed by atoms with Gasteiger partial charge in [0.15, 0.2) is 10.1 Å². The largest absolute Gasteiger partial charge is 0.379 e. The Balaban J connectivity index is 1.71. The minimum absolute atomic E-state index is 0.0272. The maximum Gasteiger partial charge on any atom is 0.258 e. The summed E-state index contributed by atoms with van der Waals surface area (Å²) < 4.78 is 1.63. The van der Waals surface area contributed by atoms with Crippen molar-refractivity contribution in [3.05, 3.63) is 33.2 Å². The number of fused-ring (bicyclic) bond motifs is 1. The topological polar surface area (TPSA) is 72.8 Å². The number of aliphatic imine (C=N–C) groups is 1. The number of aryl methyl sites for hydroxylation is 1. The molecule has 1 aliphatic carbocycles. The molecule has 1 fully saturated rings. The van der Waals surface area contributed by atoms with E-state index < -0.39 is 0 Å². The summed E-state index contributed by atoms with van der Waals surface area (Å²) >= 11 is 2.95. The van der Waals surface area contributed by atoms with Crippen LogP contribution >= 0.6 is 23.1 Å². The zero-order chi connectivity index (χ0) is 14.8. The zero-order valence-corrected chi connectivity index (χ0v) is 13.5. The maximum atomic E-state index is 12.1.